The van der Waals surface area contributed by atoms with E-state index in [1.807, 2.05) is 32.2 Å². The van der Waals surface area contributed by atoms with Gasteiger partial charge in [0.25, 0.3) is 0 Å². The van der Waals surface area contributed by atoms with Crippen molar-refractivity contribution in [2.75, 3.05) is 12.4 Å². The molecule has 0 amide bonds. The van der Waals surface area contributed by atoms with Crippen LogP contribution in [-0.4, -0.2) is 12.0 Å². The molecule has 2 rings (SSSR count). The lowest BCUT2D eigenvalue weighted by atomic mass is 10.1. The quantitative estimate of drug-likeness (QED) is 0.724. The van der Waals surface area contributed by atoms with Gasteiger partial charge in [-0.05, 0) is 31.9 Å². The van der Waals surface area contributed by atoms with E-state index in [9.17, 15) is 0 Å². The summed E-state index contributed by atoms with van der Waals surface area (Å²) in [5.41, 5.74) is 3.12. The van der Waals surface area contributed by atoms with Crippen LogP contribution in [0.3, 0.4) is 0 Å². The van der Waals surface area contributed by atoms with Crippen molar-refractivity contribution in [3.05, 3.63) is 51.1 Å². The molecule has 0 saturated carbocycles. The summed E-state index contributed by atoms with van der Waals surface area (Å²) in [5, 5.41) is 4.32. The fourth-order valence-corrected chi connectivity index (χ4v) is 3.15. The van der Waals surface area contributed by atoms with E-state index < -0.39 is 0 Å². The molecular weight excluding hydrogens is 331 g/mol. The number of anilines is 1. The maximum Gasteiger partial charge on any atom is 0.129 e. The van der Waals surface area contributed by atoms with Gasteiger partial charge in [0.15, 0.2) is 0 Å². The number of aryl methyl sites for hydroxylation is 1. The Morgan fingerprint density at radius 2 is 1.91 bits per heavy atom. The van der Waals surface area contributed by atoms with E-state index >= 15 is 0 Å². The zero-order valence-corrected chi connectivity index (χ0v) is 15.4. The number of aromatic nitrogens is 1. The van der Waals surface area contributed by atoms with Gasteiger partial charge in [0.2, 0.25) is 0 Å². The van der Waals surface area contributed by atoms with Gasteiger partial charge in [-0.3, -0.25) is 0 Å². The van der Waals surface area contributed by atoms with Crippen molar-refractivity contribution in [1.82, 2.24) is 4.98 Å². The third-order valence-corrected chi connectivity index (χ3v) is 4.38. The lowest BCUT2D eigenvalue weighted by Gasteiger charge is -2.21. The second-order valence-corrected chi connectivity index (χ2v) is 6.16. The summed E-state index contributed by atoms with van der Waals surface area (Å²) in [7, 11) is 1.86. The minimum atomic E-state index is -0.179. The first kappa shape index (κ1) is 17.9. The van der Waals surface area contributed by atoms with E-state index in [-0.39, 0.29) is 6.10 Å². The third-order valence-electron chi connectivity index (χ3n) is 3.82. The molecule has 1 aromatic carbocycles. The fourth-order valence-electron chi connectivity index (χ4n) is 2.59. The van der Waals surface area contributed by atoms with E-state index in [1.54, 1.807) is 6.07 Å². The van der Waals surface area contributed by atoms with Crippen molar-refractivity contribution in [3.8, 4) is 5.75 Å². The second kappa shape index (κ2) is 7.89. The topological polar surface area (TPSA) is 34.2 Å². The lowest BCUT2D eigenvalue weighted by molar-refractivity contribution is 0.224. The average Bonchev–Trinajstić information content (AvgIpc) is 2.53. The van der Waals surface area contributed by atoms with Crippen LogP contribution in [0, 0.1) is 0 Å². The molecule has 0 saturated heterocycles. The first-order valence-electron chi connectivity index (χ1n) is 7.82. The highest BCUT2D eigenvalue weighted by atomic mass is 35.5. The molecule has 1 aromatic heterocycles. The summed E-state index contributed by atoms with van der Waals surface area (Å²) in [4.78, 5) is 4.62. The highest BCUT2D eigenvalue weighted by molar-refractivity contribution is 6.35. The van der Waals surface area contributed by atoms with Gasteiger partial charge >= 0.3 is 0 Å². The van der Waals surface area contributed by atoms with Crippen LogP contribution >= 0.6 is 23.2 Å². The molecule has 0 aliphatic heterocycles. The van der Waals surface area contributed by atoms with E-state index in [1.165, 1.54) is 0 Å². The van der Waals surface area contributed by atoms with Crippen LogP contribution in [0.4, 0.5) is 5.82 Å². The van der Waals surface area contributed by atoms with Crippen LogP contribution in [0.25, 0.3) is 0 Å². The Morgan fingerprint density at radius 3 is 2.48 bits per heavy atom. The zero-order valence-electron chi connectivity index (χ0n) is 13.9. The highest BCUT2D eigenvalue weighted by Gasteiger charge is 2.16. The molecule has 124 valence electrons. The summed E-state index contributed by atoms with van der Waals surface area (Å²) in [6, 6.07) is 7.41. The van der Waals surface area contributed by atoms with Gasteiger partial charge in [-0.1, -0.05) is 43.1 Å². The van der Waals surface area contributed by atoms with Crippen LogP contribution in [0.2, 0.25) is 10.0 Å². The van der Waals surface area contributed by atoms with E-state index in [0.717, 1.165) is 41.2 Å². The Bertz CT molecular complexity index is 689. The van der Waals surface area contributed by atoms with Gasteiger partial charge in [-0.2, -0.15) is 0 Å². The number of nitrogens with one attached hydrogen (secondary N) is 1. The number of halogens is 2. The molecule has 0 radical (unpaired) electrons. The molecule has 1 atom stereocenters. The number of ether oxygens (including phenoxy) is 1. The van der Waals surface area contributed by atoms with E-state index in [4.69, 9.17) is 27.9 Å². The van der Waals surface area contributed by atoms with Crippen LogP contribution in [0.5, 0.6) is 5.75 Å². The third kappa shape index (κ3) is 4.10. The summed E-state index contributed by atoms with van der Waals surface area (Å²) >= 11 is 12.3. The van der Waals surface area contributed by atoms with Crippen molar-refractivity contribution in [1.29, 1.82) is 0 Å². The minimum Gasteiger partial charge on any atom is -0.485 e. The standard InChI is InChI=1S/C18H22Cl2N2O/c1-5-13-16(6-2)22-18(21-4)10-17(13)23-11(3)14-8-7-12(19)9-15(14)20/h7-11H,5-6H2,1-4H3,(H,21,22). The SMILES string of the molecule is CCc1nc(NC)cc(OC(C)c2ccc(Cl)cc2Cl)c1CC. The van der Waals surface area contributed by atoms with Gasteiger partial charge in [0, 0.05) is 40.0 Å². The van der Waals surface area contributed by atoms with Crippen molar-refractivity contribution >= 4 is 29.0 Å². The van der Waals surface area contributed by atoms with Crippen molar-refractivity contribution < 1.29 is 4.74 Å². The number of benzene rings is 1. The molecule has 5 heteroatoms. The van der Waals surface area contributed by atoms with Gasteiger partial charge in [-0.15, -0.1) is 0 Å². The normalized spacial score (nSPS) is 12.1. The molecule has 3 nitrogen and oxygen atoms in total. The maximum absolute atomic E-state index is 6.29. The van der Waals surface area contributed by atoms with Gasteiger partial charge < -0.3 is 10.1 Å². The predicted octanol–water partition coefficient (Wildman–Crippen LogP) is 5.69. The average molecular weight is 353 g/mol. The Hall–Kier alpha value is -1.45. The number of pyridine rings is 1. The monoisotopic (exact) mass is 352 g/mol. The molecular formula is C18H22Cl2N2O. The molecule has 0 aliphatic carbocycles. The Balaban J connectivity index is 2.37. The summed E-state index contributed by atoms with van der Waals surface area (Å²) in [6.07, 6.45) is 1.56. The molecule has 1 N–H and O–H groups in total. The van der Waals surface area contributed by atoms with E-state index in [0.29, 0.717) is 10.0 Å². The molecule has 2 aromatic rings. The fraction of sp³-hybridized carbons (Fsp3) is 0.389. The first-order chi connectivity index (χ1) is 11.0. The number of hydrogen-bond donors (Lipinski definition) is 1. The number of rotatable bonds is 6. The second-order valence-electron chi connectivity index (χ2n) is 5.31. The van der Waals surface area contributed by atoms with E-state index in [2.05, 4.69) is 24.1 Å². The van der Waals surface area contributed by atoms with Crippen LogP contribution in [-0.2, 0) is 12.8 Å². The smallest absolute Gasteiger partial charge is 0.129 e. The molecule has 0 aliphatic rings. The zero-order chi connectivity index (χ0) is 17.0. The molecule has 1 unspecified atom stereocenters. The molecule has 1 heterocycles. The summed E-state index contributed by atoms with van der Waals surface area (Å²) < 4.78 is 6.22. The van der Waals surface area contributed by atoms with Gasteiger partial charge in [0.1, 0.15) is 17.7 Å². The maximum atomic E-state index is 6.29. The molecule has 0 bridgehead atoms. The summed E-state index contributed by atoms with van der Waals surface area (Å²) in [5.74, 6) is 1.66. The predicted molar refractivity (Wildman–Crippen MR) is 98.0 cm³/mol. The van der Waals surface area contributed by atoms with Crippen molar-refractivity contribution in [2.45, 2.75) is 39.7 Å². The van der Waals surface area contributed by atoms with Crippen LogP contribution in [0.1, 0.15) is 43.7 Å². The van der Waals surface area contributed by atoms with Crippen LogP contribution in [0.15, 0.2) is 24.3 Å². The van der Waals surface area contributed by atoms with Gasteiger partial charge in [0.05, 0.1) is 0 Å². The molecule has 23 heavy (non-hydrogen) atoms. The molecule has 0 fully saturated rings. The Kier molecular flexibility index (Phi) is 6.14. The van der Waals surface area contributed by atoms with Crippen molar-refractivity contribution in [3.63, 3.8) is 0 Å². The van der Waals surface area contributed by atoms with Crippen LogP contribution < -0.4 is 10.1 Å². The largest absolute Gasteiger partial charge is 0.485 e. The highest BCUT2D eigenvalue weighted by Crippen LogP contribution is 2.33. The lowest BCUT2D eigenvalue weighted by Crippen LogP contribution is -2.09. The molecule has 0 spiro atoms. The number of hydrogen-bond acceptors (Lipinski definition) is 3. The van der Waals surface area contributed by atoms with Gasteiger partial charge in [-0.25, -0.2) is 4.98 Å². The Labute approximate surface area is 148 Å². The minimum absolute atomic E-state index is 0.179. The first-order valence-corrected chi connectivity index (χ1v) is 8.57. The number of nitrogens with zero attached hydrogens (tertiary/aromatic N) is 1. The Morgan fingerprint density at radius 1 is 1.17 bits per heavy atom. The van der Waals surface area contributed by atoms with Crippen molar-refractivity contribution in [2.24, 2.45) is 0 Å². The summed E-state index contributed by atoms with van der Waals surface area (Å²) in [6.45, 7) is 6.20.